The molecule has 2 amide bonds. The van der Waals surface area contributed by atoms with Gasteiger partial charge in [-0.25, -0.2) is 8.78 Å². The van der Waals surface area contributed by atoms with Crippen molar-refractivity contribution in [1.82, 2.24) is 10.2 Å². The molecule has 1 aliphatic rings. The minimum atomic E-state index is -4.37. The topological polar surface area (TPSA) is 66.5 Å². The third kappa shape index (κ3) is 7.46. The van der Waals surface area contributed by atoms with Crippen LogP contribution in [0.15, 0.2) is 18.2 Å². The standard InChI is InChI=1S/C21H25F5N2O3S/c1-12(2)19(20(31)32-9-8-21(24,25)26)27-16(29)10-14-6-7-17(30)28(14)11-13-4-3-5-15(22)18(13)23/h3-5,12,14,19H,6-11H2,1-2H3,(H,27,29)/t14-,19-/m0/s1. The fraction of sp³-hybridized carbons (Fsp3) is 0.571. The lowest BCUT2D eigenvalue weighted by atomic mass is 10.0. The molecule has 0 bridgehead atoms. The summed E-state index contributed by atoms with van der Waals surface area (Å²) in [5.41, 5.74) is -0.0121. The van der Waals surface area contributed by atoms with Gasteiger partial charge >= 0.3 is 6.18 Å². The number of alkyl halides is 3. The highest BCUT2D eigenvalue weighted by atomic mass is 32.2. The van der Waals surface area contributed by atoms with Gasteiger partial charge in [0.15, 0.2) is 11.6 Å². The quantitative estimate of drug-likeness (QED) is 0.538. The third-order valence-electron chi connectivity index (χ3n) is 5.11. The van der Waals surface area contributed by atoms with Crippen LogP contribution in [0, 0.1) is 17.6 Å². The maximum absolute atomic E-state index is 14.0. The number of nitrogens with one attached hydrogen (secondary N) is 1. The molecule has 1 aromatic rings. The zero-order chi connectivity index (χ0) is 24.1. The van der Waals surface area contributed by atoms with Gasteiger partial charge in [0.2, 0.25) is 16.9 Å². The molecule has 0 saturated carbocycles. The van der Waals surface area contributed by atoms with Gasteiger partial charge in [-0.2, -0.15) is 13.2 Å². The Morgan fingerprint density at radius 2 is 1.94 bits per heavy atom. The van der Waals surface area contributed by atoms with Gasteiger partial charge in [-0.05, 0) is 18.4 Å². The molecule has 1 fully saturated rings. The molecule has 0 unspecified atom stereocenters. The number of hydrogen-bond donors (Lipinski definition) is 1. The Hall–Kier alpha value is -2.17. The van der Waals surface area contributed by atoms with Gasteiger partial charge < -0.3 is 10.2 Å². The van der Waals surface area contributed by atoms with Crippen LogP contribution in [0.2, 0.25) is 0 Å². The number of amides is 2. The summed E-state index contributed by atoms with van der Waals surface area (Å²) in [6.07, 6.45) is -5.16. The smallest absolute Gasteiger partial charge is 0.345 e. The van der Waals surface area contributed by atoms with Gasteiger partial charge in [0.05, 0.1) is 6.42 Å². The Labute approximate surface area is 187 Å². The highest BCUT2D eigenvalue weighted by Gasteiger charge is 2.35. The Morgan fingerprint density at radius 3 is 2.56 bits per heavy atom. The fourth-order valence-corrected chi connectivity index (χ4v) is 4.42. The van der Waals surface area contributed by atoms with Gasteiger partial charge in [-0.1, -0.05) is 37.7 Å². The number of halogens is 5. The number of benzene rings is 1. The van der Waals surface area contributed by atoms with Gasteiger partial charge in [0, 0.05) is 36.7 Å². The molecule has 1 aliphatic heterocycles. The molecule has 0 aliphatic carbocycles. The van der Waals surface area contributed by atoms with Gasteiger partial charge in [-0.15, -0.1) is 0 Å². The van der Waals surface area contributed by atoms with Crippen molar-refractivity contribution in [2.45, 2.75) is 64.3 Å². The van der Waals surface area contributed by atoms with E-state index in [1.165, 1.54) is 17.0 Å². The predicted molar refractivity (Wildman–Crippen MR) is 109 cm³/mol. The molecule has 1 N–H and O–H groups in total. The Morgan fingerprint density at radius 1 is 1.25 bits per heavy atom. The van der Waals surface area contributed by atoms with E-state index in [-0.39, 0.29) is 36.8 Å². The largest absolute Gasteiger partial charge is 0.389 e. The second-order valence-corrected chi connectivity index (χ2v) is 9.05. The van der Waals surface area contributed by atoms with Crippen molar-refractivity contribution in [1.29, 1.82) is 0 Å². The first-order chi connectivity index (χ1) is 14.9. The van der Waals surface area contributed by atoms with E-state index in [2.05, 4.69) is 5.32 Å². The number of carbonyl (C=O) groups excluding carboxylic acids is 3. The van der Waals surface area contributed by atoms with E-state index in [1.54, 1.807) is 13.8 Å². The molecular weight excluding hydrogens is 455 g/mol. The van der Waals surface area contributed by atoms with Crippen LogP contribution >= 0.6 is 11.8 Å². The van der Waals surface area contributed by atoms with E-state index < -0.39 is 53.1 Å². The lowest BCUT2D eigenvalue weighted by molar-refractivity contribution is -0.132. The van der Waals surface area contributed by atoms with Crippen molar-refractivity contribution < 1.29 is 36.3 Å². The monoisotopic (exact) mass is 480 g/mol. The molecule has 1 heterocycles. The average Bonchev–Trinajstić information content (AvgIpc) is 3.01. The SMILES string of the molecule is CC(C)[C@H](NC(=O)C[C@@H]1CCC(=O)N1Cc1cccc(F)c1F)C(=O)SCCC(F)(F)F. The predicted octanol–water partition coefficient (Wildman–Crippen LogP) is 4.20. The summed E-state index contributed by atoms with van der Waals surface area (Å²) in [7, 11) is 0. The zero-order valence-corrected chi connectivity index (χ0v) is 18.5. The number of nitrogens with zero attached hydrogens (tertiary/aromatic N) is 1. The van der Waals surface area contributed by atoms with E-state index in [9.17, 15) is 36.3 Å². The van der Waals surface area contributed by atoms with Crippen LogP contribution in [0.25, 0.3) is 0 Å². The molecule has 2 atom stereocenters. The maximum Gasteiger partial charge on any atom is 0.389 e. The maximum atomic E-state index is 14.0. The lowest BCUT2D eigenvalue weighted by Crippen LogP contribution is -2.45. The molecule has 0 spiro atoms. The summed E-state index contributed by atoms with van der Waals surface area (Å²) in [4.78, 5) is 38.4. The first-order valence-corrected chi connectivity index (χ1v) is 11.1. The molecule has 0 aromatic heterocycles. The number of thioether (sulfide) groups is 1. The summed E-state index contributed by atoms with van der Waals surface area (Å²) < 4.78 is 64.4. The molecule has 2 rings (SSSR count). The lowest BCUT2D eigenvalue weighted by Gasteiger charge is -2.26. The average molecular weight is 480 g/mol. The van der Waals surface area contributed by atoms with Gasteiger partial charge in [0.1, 0.15) is 6.04 Å². The van der Waals surface area contributed by atoms with Crippen molar-refractivity contribution in [3.05, 3.63) is 35.4 Å². The van der Waals surface area contributed by atoms with Crippen LogP contribution in [-0.4, -0.2) is 45.8 Å². The van der Waals surface area contributed by atoms with E-state index in [0.717, 1.165) is 6.07 Å². The Bertz CT molecular complexity index is 847. The highest BCUT2D eigenvalue weighted by molar-refractivity contribution is 8.13. The molecule has 5 nitrogen and oxygen atoms in total. The van der Waals surface area contributed by atoms with Crippen molar-refractivity contribution in [3.63, 3.8) is 0 Å². The van der Waals surface area contributed by atoms with Crippen molar-refractivity contribution >= 4 is 28.7 Å². The second-order valence-electron chi connectivity index (χ2n) is 7.95. The second kappa shape index (κ2) is 11.1. The van der Waals surface area contributed by atoms with Crippen LogP contribution in [0.5, 0.6) is 0 Å². The van der Waals surface area contributed by atoms with Crippen LogP contribution in [0.1, 0.15) is 45.1 Å². The summed E-state index contributed by atoms with van der Waals surface area (Å²) in [5.74, 6) is -3.73. The summed E-state index contributed by atoms with van der Waals surface area (Å²) in [6, 6.07) is 2.10. The fourth-order valence-electron chi connectivity index (χ4n) is 3.38. The first kappa shape index (κ1) is 26.1. The molecule has 1 saturated heterocycles. The van der Waals surface area contributed by atoms with Crippen LogP contribution in [0.4, 0.5) is 22.0 Å². The van der Waals surface area contributed by atoms with Crippen molar-refractivity contribution in [3.8, 4) is 0 Å². The van der Waals surface area contributed by atoms with Crippen molar-refractivity contribution in [2.24, 2.45) is 5.92 Å². The van der Waals surface area contributed by atoms with Gasteiger partial charge in [-0.3, -0.25) is 14.4 Å². The molecule has 32 heavy (non-hydrogen) atoms. The molecule has 1 aromatic carbocycles. The third-order valence-corrected chi connectivity index (χ3v) is 6.06. The summed E-state index contributed by atoms with van der Waals surface area (Å²) in [6.45, 7) is 3.12. The van der Waals surface area contributed by atoms with E-state index in [4.69, 9.17) is 0 Å². The van der Waals surface area contributed by atoms with Gasteiger partial charge in [0.25, 0.3) is 0 Å². The normalized spacial score (nSPS) is 17.7. The minimum absolute atomic E-state index is 0.0121. The Kier molecular flexibility index (Phi) is 9.06. The van der Waals surface area contributed by atoms with E-state index in [0.29, 0.717) is 18.2 Å². The first-order valence-electron chi connectivity index (χ1n) is 10.1. The van der Waals surface area contributed by atoms with Crippen molar-refractivity contribution in [2.75, 3.05) is 5.75 Å². The molecule has 11 heteroatoms. The van der Waals surface area contributed by atoms with Crippen LogP contribution < -0.4 is 5.32 Å². The number of likely N-dealkylation sites (tertiary alicyclic amines) is 1. The van der Waals surface area contributed by atoms with Crippen LogP contribution in [-0.2, 0) is 20.9 Å². The summed E-state index contributed by atoms with van der Waals surface area (Å²) >= 11 is 0.515. The summed E-state index contributed by atoms with van der Waals surface area (Å²) in [5, 5.41) is 1.98. The molecule has 0 radical (unpaired) electrons. The van der Waals surface area contributed by atoms with E-state index in [1.807, 2.05) is 0 Å². The number of hydrogen-bond acceptors (Lipinski definition) is 4. The van der Waals surface area contributed by atoms with E-state index >= 15 is 0 Å². The number of rotatable bonds is 9. The molecular formula is C21H25F5N2O3S. The highest BCUT2D eigenvalue weighted by Crippen LogP contribution is 2.26. The zero-order valence-electron chi connectivity index (χ0n) is 17.7. The minimum Gasteiger partial charge on any atom is -0.345 e. The number of carbonyl (C=O) groups is 3. The van der Waals surface area contributed by atoms with Crippen LogP contribution in [0.3, 0.4) is 0 Å². The molecule has 178 valence electrons. The Balaban J connectivity index is 1.98.